The van der Waals surface area contributed by atoms with Crippen LogP contribution in [0, 0.1) is 12.7 Å². The van der Waals surface area contributed by atoms with E-state index in [0.717, 1.165) is 11.1 Å². The third-order valence-corrected chi connectivity index (χ3v) is 5.26. The molecule has 1 saturated heterocycles. The first kappa shape index (κ1) is 18.2. The van der Waals surface area contributed by atoms with Gasteiger partial charge in [0.2, 0.25) is 5.91 Å². The number of fused-ring (bicyclic) bond motifs is 1. The summed E-state index contributed by atoms with van der Waals surface area (Å²) in [5.41, 5.74) is 2.31. The van der Waals surface area contributed by atoms with Crippen molar-refractivity contribution >= 4 is 22.5 Å². The van der Waals surface area contributed by atoms with Crippen molar-refractivity contribution in [3.63, 3.8) is 0 Å². The van der Waals surface area contributed by atoms with E-state index in [1.807, 2.05) is 40.7 Å². The normalized spacial score (nSPS) is 14.5. The van der Waals surface area contributed by atoms with Crippen LogP contribution in [0.2, 0.25) is 0 Å². The van der Waals surface area contributed by atoms with E-state index in [0.29, 0.717) is 37.3 Å². The van der Waals surface area contributed by atoms with Gasteiger partial charge >= 0.3 is 0 Å². The van der Waals surface area contributed by atoms with Gasteiger partial charge in [0.1, 0.15) is 12.4 Å². The number of pyridine rings is 1. The molecule has 0 aliphatic carbocycles. The predicted molar refractivity (Wildman–Crippen MR) is 108 cm³/mol. The fourth-order valence-corrected chi connectivity index (χ4v) is 3.71. The Morgan fingerprint density at radius 2 is 1.79 bits per heavy atom. The van der Waals surface area contributed by atoms with Crippen LogP contribution < -0.4 is 10.3 Å². The van der Waals surface area contributed by atoms with Crippen LogP contribution in [0.3, 0.4) is 0 Å². The van der Waals surface area contributed by atoms with Crippen LogP contribution in [0.25, 0.3) is 10.9 Å². The maximum absolute atomic E-state index is 14.0. The number of para-hydroxylation sites is 1. The first-order valence-corrected chi connectivity index (χ1v) is 9.40. The van der Waals surface area contributed by atoms with Gasteiger partial charge in [-0.15, -0.1) is 0 Å². The molecule has 1 aliphatic heterocycles. The molecule has 5 nitrogen and oxygen atoms in total. The maximum Gasteiger partial charge on any atom is 0.242 e. The van der Waals surface area contributed by atoms with Crippen LogP contribution in [0.1, 0.15) is 5.56 Å². The Morgan fingerprint density at radius 3 is 2.54 bits per heavy atom. The van der Waals surface area contributed by atoms with Crippen LogP contribution in [0.15, 0.2) is 59.5 Å². The van der Waals surface area contributed by atoms with Gasteiger partial charge in [0.15, 0.2) is 5.43 Å². The fourth-order valence-electron chi connectivity index (χ4n) is 3.71. The summed E-state index contributed by atoms with van der Waals surface area (Å²) < 4.78 is 15.8. The summed E-state index contributed by atoms with van der Waals surface area (Å²) in [5, 5.41) is 0.625. The molecule has 2 aromatic carbocycles. The molecular weight excluding hydrogens is 357 g/mol. The summed E-state index contributed by atoms with van der Waals surface area (Å²) in [4.78, 5) is 28.7. The van der Waals surface area contributed by atoms with Crippen molar-refractivity contribution in [1.29, 1.82) is 0 Å². The van der Waals surface area contributed by atoms with Crippen molar-refractivity contribution in [2.75, 3.05) is 31.1 Å². The number of hydrogen-bond donors (Lipinski definition) is 0. The molecule has 1 aliphatic rings. The van der Waals surface area contributed by atoms with E-state index in [1.54, 1.807) is 23.2 Å². The Hall–Kier alpha value is -3.15. The van der Waals surface area contributed by atoms with E-state index in [2.05, 4.69) is 0 Å². The standard InChI is InChI=1S/C22H22FN3O2/c1-16-6-7-19-17(14-16)21(27)8-9-26(19)15-22(28)25-12-10-24(11-13-25)20-5-3-2-4-18(20)23/h2-9,14H,10-13,15H2,1H3. The highest BCUT2D eigenvalue weighted by molar-refractivity contribution is 5.83. The number of anilines is 1. The monoisotopic (exact) mass is 379 g/mol. The molecule has 0 atom stereocenters. The molecule has 144 valence electrons. The summed E-state index contributed by atoms with van der Waals surface area (Å²) in [6.45, 7) is 4.40. The number of aryl methyl sites for hydroxylation is 1. The molecular formula is C22H22FN3O2. The number of nitrogens with zero attached hydrogens (tertiary/aromatic N) is 3. The lowest BCUT2D eigenvalue weighted by Crippen LogP contribution is -2.49. The third kappa shape index (κ3) is 3.50. The molecule has 4 rings (SSSR count). The number of carbonyl (C=O) groups is 1. The molecule has 0 spiro atoms. The summed E-state index contributed by atoms with van der Waals surface area (Å²) >= 11 is 0. The number of benzene rings is 2. The molecule has 0 N–H and O–H groups in total. The Balaban J connectivity index is 1.47. The van der Waals surface area contributed by atoms with Crippen LogP contribution in [-0.2, 0) is 11.3 Å². The highest BCUT2D eigenvalue weighted by atomic mass is 19.1. The summed E-state index contributed by atoms with van der Waals surface area (Å²) in [7, 11) is 0. The Labute approximate surface area is 162 Å². The summed E-state index contributed by atoms with van der Waals surface area (Å²) in [6, 6.07) is 13.9. The number of amides is 1. The Kier molecular flexibility index (Phi) is 4.86. The van der Waals surface area contributed by atoms with Crippen molar-refractivity contribution in [2.24, 2.45) is 0 Å². The molecule has 1 fully saturated rings. The summed E-state index contributed by atoms with van der Waals surface area (Å²) in [6.07, 6.45) is 1.67. The molecule has 6 heteroatoms. The SMILES string of the molecule is Cc1ccc2c(c1)c(=O)ccn2CC(=O)N1CCN(c2ccccc2F)CC1. The molecule has 0 radical (unpaired) electrons. The Morgan fingerprint density at radius 1 is 1.04 bits per heavy atom. The molecule has 1 aromatic heterocycles. The van der Waals surface area contributed by atoms with Gasteiger partial charge in [-0.2, -0.15) is 0 Å². The molecule has 0 bridgehead atoms. The minimum absolute atomic E-state index is 0.00120. The zero-order valence-electron chi connectivity index (χ0n) is 15.8. The van der Waals surface area contributed by atoms with Gasteiger partial charge in [0.05, 0.1) is 11.2 Å². The highest BCUT2D eigenvalue weighted by Gasteiger charge is 2.23. The van der Waals surface area contributed by atoms with E-state index < -0.39 is 0 Å². The second-order valence-electron chi connectivity index (χ2n) is 7.15. The van der Waals surface area contributed by atoms with E-state index in [4.69, 9.17) is 0 Å². The van der Waals surface area contributed by atoms with Crippen molar-refractivity contribution in [1.82, 2.24) is 9.47 Å². The van der Waals surface area contributed by atoms with Crippen molar-refractivity contribution < 1.29 is 9.18 Å². The van der Waals surface area contributed by atoms with Crippen molar-refractivity contribution in [3.05, 3.63) is 76.3 Å². The number of halogens is 1. The van der Waals surface area contributed by atoms with E-state index in [1.165, 1.54) is 12.1 Å². The zero-order valence-corrected chi connectivity index (χ0v) is 15.8. The second kappa shape index (κ2) is 7.46. The fraction of sp³-hybridized carbons (Fsp3) is 0.273. The van der Waals surface area contributed by atoms with Gasteiger partial charge in [0.25, 0.3) is 0 Å². The third-order valence-electron chi connectivity index (χ3n) is 5.26. The number of aromatic nitrogens is 1. The van der Waals surface area contributed by atoms with Gasteiger partial charge in [-0.25, -0.2) is 4.39 Å². The minimum Gasteiger partial charge on any atom is -0.366 e. The first-order valence-electron chi connectivity index (χ1n) is 9.40. The number of hydrogen-bond acceptors (Lipinski definition) is 3. The lowest BCUT2D eigenvalue weighted by molar-refractivity contribution is -0.132. The molecule has 2 heterocycles. The zero-order chi connectivity index (χ0) is 19.7. The van der Waals surface area contributed by atoms with E-state index >= 15 is 0 Å². The number of rotatable bonds is 3. The largest absolute Gasteiger partial charge is 0.366 e. The van der Waals surface area contributed by atoms with Crippen LogP contribution in [0.4, 0.5) is 10.1 Å². The van der Waals surface area contributed by atoms with Gasteiger partial charge in [-0.3, -0.25) is 9.59 Å². The minimum atomic E-state index is -0.239. The quantitative estimate of drug-likeness (QED) is 0.703. The number of piperazine rings is 1. The maximum atomic E-state index is 14.0. The molecule has 28 heavy (non-hydrogen) atoms. The van der Waals surface area contributed by atoms with Gasteiger partial charge in [-0.05, 0) is 31.2 Å². The smallest absolute Gasteiger partial charge is 0.242 e. The average Bonchev–Trinajstić information content (AvgIpc) is 2.71. The van der Waals surface area contributed by atoms with Crippen LogP contribution in [0.5, 0.6) is 0 Å². The van der Waals surface area contributed by atoms with Crippen molar-refractivity contribution in [3.8, 4) is 0 Å². The number of carbonyl (C=O) groups excluding carboxylic acids is 1. The van der Waals surface area contributed by atoms with E-state index in [9.17, 15) is 14.0 Å². The second-order valence-corrected chi connectivity index (χ2v) is 7.15. The lowest BCUT2D eigenvalue weighted by Gasteiger charge is -2.36. The summed E-state index contributed by atoms with van der Waals surface area (Å²) in [5.74, 6) is -0.240. The molecule has 0 unspecified atom stereocenters. The van der Waals surface area contributed by atoms with Gasteiger partial charge < -0.3 is 14.4 Å². The van der Waals surface area contributed by atoms with E-state index in [-0.39, 0.29) is 23.7 Å². The Bertz CT molecular complexity index is 1080. The van der Waals surface area contributed by atoms with Crippen LogP contribution in [-0.4, -0.2) is 41.6 Å². The van der Waals surface area contributed by atoms with Crippen LogP contribution >= 0.6 is 0 Å². The topological polar surface area (TPSA) is 45.6 Å². The molecule has 3 aromatic rings. The molecule has 0 saturated carbocycles. The first-order chi connectivity index (χ1) is 13.5. The molecule has 1 amide bonds. The van der Waals surface area contributed by atoms with Crippen molar-refractivity contribution in [2.45, 2.75) is 13.5 Å². The average molecular weight is 379 g/mol. The van der Waals surface area contributed by atoms with Gasteiger partial charge in [-0.1, -0.05) is 23.8 Å². The predicted octanol–water partition coefficient (Wildman–Crippen LogP) is 2.80. The highest BCUT2D eigenvalue weighted by Crippen LogP contribution is 2.20. The van der Waals surface area contributed by atoms with Gasteiger partial charge in [0, 0.05) is 43.8 Å². The lowest BCUT2D eigenvalue weighted by atomic mass is 10.1.